The summed E-state index contributed by atoms with van der Waals surface area (Å²) in [4.78, 5) is 12.1. The largest absolute Gasteiger partial charge is 0.481 e. The number of aliphatic hydroxyl groups excluding tert-OH is 1. The molecule has 2 aromatic carbocycles. The van der Waals surface area contributed by atoms with Crippen molar-refractivity contribution >= 4 is 27.5 Å². The highest BCUT2D eigenvalue weighted by molar-refractivity contribution is 9.10. The first kappa shape index (κ1) is 16.5. The molecule has 22 heavy (non-hydrogen) atoms. The number of aliphatic hydroxyl groups is 1. The average Bonchev–Trinajstić information content (AvgIpc) is 2.51. The Labute approximate surface area is 136 Å². The van der Waals surface area contributed by atoms with Crippen LogP contribution in [0.4, 0.5) is 10.1 Å². The van der Waals surface area contributed by atoms with Gasteiger partial charge >= 0.3 is 0 Å². The summed E-state index contributed by atoms with van der Waals surface area (Å²) in [5.41, 5.74) is 0.654. The molecular weight excluding hydrogens is 353 g/mol. The van der Waals surface area contributed by atoms with Crippen LogP contribution >= 0.6 is 15.9 Å². The number of nitrogens with one attached hydrogen (secondary N) is 1. The van der Waals surface area contributed by atoms with Crippen LogP contribution in [0.15, 0.2) is 46.9 Å². The number of ether oxygens (including phenoxy) is 1. The van der Waals surface area contributed by atoms with Gasteiger partial charge in [-0.05, 0) is 37.3 Å². The summed E-state index contributed by atoms with van der Waals surface area (Å²) in [7, 11) is 0. The fraction of sp³-hybridized carbons (Fsp3) is 0.188. The molecule has 0 unspecified atom stereocenters. The Morgan fingerprint density at radius 1 is 1.36 bits per heavy atom. The summed E-state index contributed by atoms with van der Waals surface area (Å²) < 4.78 is 19.9. The molecule has 2 rings (SSSR count). The lowest BCUT2D eigenvalue weighted by atomic mass is 10.2. The third-order valence-electron chi connectivity index (χ3n) is 3.00. The normalized spacial score (nSPS) is 11.8. The van der Waals surface area contributed by atoms with E-state index in [1.807, 2.05) is 0 Å². The second-order valence-electron chi connectivity index (χ2n) is 4.64. The van der Waals surface area contributed by atoms with Gasteiger partial charge in [-0.25, -0.2) is 4.39 Å². The SMILES string of the molecule is C[C@@H](Oc1ccc(Br)cc1CO)C(=O)Nc1ccccc1F. The van der Waals surface area contributed by atoms with E-state index in [0.29, 0.717) is 11.3 Å². The second kappa shape index (κ2) is 7.38. The number of hydrogen-bond donors (Lipinski definition) is 2. The van der Waals surface area contributed by atoms with Crippen molar-refractivity contribution in [3.8, 4) is 5.75 Å². The summed E-state index contributed by atoms with van der Waals surface area (Å²) in [6.07, 6.45) is -0.842. The maximum atomic E-state index is 13.5. The van der Waals surface area contributed by atoms with Crippen molar-refractivity contribution in [3.63, 3.8) is 0 Å². The minimum Gasteiger partial charge on any atom is -0.481 e. The van der Waals surface area contributed by atoms with E-state index in [1.165, 1.54) is 12.1 Å². The summed E-state index contributed by atoms with van der Waals surface area (Å²) >= 11 is 3.30. The molecule has 0 saturated heterocycles. The molecule has 0 spiro atoms. The highest BCUT2D eigenvalue weighted by atomic mass is 79.9. The van der Waals surface area contributed by atoms with Gasteiger partial charge in [-0.1, -0.05) is 28.1 Å². The number of hydrogen-bond acceptors (Lipinski definition) is 3. The summed E-state index contributed by atoms with van der Waals surface area (Å²) in [6, 6.07) is 11.0. The molecule has 0 saturated carbocycles. The number of carbonyl (C=O) groups excluding carboxylic acids is 1. The molecule has 1 amide bonds. The van der Waals surface area contributed by atoms with Gasteiger partial charge < -0.3 is 15.2 Å². The lowest BCUT2D eigenvalue weighted by Crippen LogP contribution is -2.30. The van der Waals surface area contributed by atoms with Crippen LogP contribution in [0, 0.1) is 5.82 Å². The van der Waals surface area contributed by atoms with Gasteiger partial charge in [-0.2, -0.15) is 0 Å². The van der Waals surface area contributed by atoms with Gasteiger partial charge in [0, 0.05) is 10.0 Å². The molecule has 2 N–H and O–H groups in total. The number of rotatable bonds is 5. The van der Waals surface area contributed by atoms with Crippen LogP contribution in [0.2, 0.25) is 0 Å². The lowest BCUT2D eigenvalue weighted by Gasteiger charge is -2.17. The Bertz CT molecular complexity index is 678. The van der Waals surface area contributed by atoms with Crippen LogP contribution in [0.1, 0.15) is 12.5 Å². The third kappa shape index (κ3) is 4.05. The fourth-order valence-electron chi connectivity index (χ4n) is 1.83. The predicted octanol–water partition coefficient (Wildman–Crippen LogP) is 3.49. The van der Waals surface area contributed by atoms with Gasteiger partial charge in [0.1, 0.15) is 11.6 Å². The number of halogens is 2. The zero-order valence-corrected chi connectivity index (χ0v) is 13.4. The van der Waals surface area contributed by atoms with E-state index in [-0.39, 0.29) is 12.3 Å². The van der Waals surface area contributed by atoms with Gasteiger partial charge in [0.15, 0.2) is 6.10 Å². The maximum absolute atomic E-state index is 13.5. The minimum atomic E-state index is -0.842. The van der Waals surface area contributed by atoms with Crippen molar-refractivity contribution < 1.29 is 19.0 Å². The highest BCUT2D eigenvalue weighted by Crippen LogP contribution is 2.24. The molecule has 0 aromatic heterocycles. The van der Waals surface area contributed by atoms with Crippen LogP contribution in [-0.4, -0.2) is 17.1 Å². The molecule has 0 radical (unpaired) electrons. The first-order chi connectivity index (χ1) is 10.5. The van der Waals surface area contributed by atoms with Crippen molar-refractivity contribution in [2.75, 3.05) is 5.32 Å². The van der Waals surface area contributed by atoms with E-state index < -0.39 is 17.8 Å². The van der Waals surface area contributed by atoms with Crippen molar-refractivity contribution in [1.29, 1.82) is 0 Å². The summed E-state index contributed by atoms with van der Waals surface area (Å²) in [5, 5.41) is 11.8. The fourth-order valence-corrected chi connectivity index (χ4v) is 2.24. The zero-order valence-electron chi connectivity index (χ0n) is 11.8. The van der Waals surface area contributed by atoms with Crippen molar-refractivity contribution in [1.82, 2.24) is 0 Å². The first-order valence-corrected chi connectivity index (χ1v) is 7.42. The third-order valence-corrected chi connectivity index (χ3v) is 3.49. The quantitative estimate of drug-likeness (QED) is 0.850. The number of carbonyl (C=O) groups is 1. The Morgan fingerprint density at radius 2 is 2.09 bits per heavy atom. The van der Waals surface area contributed by atoms with E-state index in [4.69, 9.17) is 4.74 Å². The van der Waals surface area contributed by atoms with E-state index in [0.717, 1.165) is 4.47 Å². The molecule has 0 bridgehead atoms. The Hall–Kier alpha value is -1.92. The molecule has 0 heterocycles. The van der Waals surface area contributed by atoms with E-state index >= 15 is 0 Å². The van der Waals surface area contributed by atoms with E-state index in [9.17, 15) is 14.3 Å². The Kier molecular flexibility index (Phi) is 5.51. The molecule has 0 aliphatic heterocycles. The maximum Gasteiger partial charge on any atom is 0.265 e. The van der Waals surface area contributed by atoms with Crippen LogP contribution in [-0.2, 0) is 11.4 Å². The summed E-state index contributed by atoms with van der Waals surface area (Å²) in [6.45, 7) is 1.34. The Morgan fingerprint density at radius 3 is 2.77 bits per heavy atom. The molecule has 116 valence electrons. The van der Waals surface area contributed by atoms with Crippen LogP contribution in [0.25, 0.3) is 0 Å². The minimum absolute atomic E-state index is 0.0983. The average molecular weight is 368 g/mol. The topological polar surface area (TPSA) is 58.6 Å². The van der Waals surface area contributed by atoms with Crippen molar-refractivity contribution in [3.05, 3.63) is 58.3 Å². The number of amides is 1. The first-order valence-electron chi connectivity index (χ1n) is 6.62. The van der Waals surface area contributed by atoms with E-state index in [1.54, 1.807) is 37.3 Å². The highest BCUT2D eigenvalue weighted by Gasteiger charge is 2.17. The second-order valence-corrected chi connectivity index (χ2v) is 5.56. The molecule has 0 fully saturated rings. The standard InChI is InChI=1S/C16H15BrFNO3/c1-10(16(21)19-14-5-3-2-4-13(14)18)22-15-7-6-12(17)8-11(15)9-20/h2-8,10,20H,9H2,1H3,(H,19,21)/t10-/m1/s1. The monoisotopic (exact) mass is 367 g/mol. The predicted molar refractivity (Wildman–Crippen MR) is 85.2 cm³/mol. The molecule has 0 aliphatic rings. The van der Waals surface area contributed by atoms with Gasteiger partial charge in [0.05, 0.1) is 12.3 Å². The van der Waals surface area contributed by atoms with Crippen LogP contribution < -0.4 is 10.1 Å². The lowest BCUT2D eigenvalue weighted by molar-refractivity contribution is -0.122. The van der Waals surface area contributed by atoms with Gasteiger partial charge in [0.2, 0.25) is 0 Å². The Balaban J connectivity index is 2.07. The molecule has 2 aromatic rings. The number of para-hydroxylation sites is 1. The molecule has 6 heteroatoms. The molecule has 1 atom stereocenters. The smallest absolute Gasteiger partial charge is 0.265 e. The van der Waals surface area contributed by atoms with Crippen LogP contribution in [0.5, 0.6) is 5.75 Å². The molecule has 0 aliphatic carbocycles. The molecular formula is C16H15BrFNO3. The van der Waals surface area contributed by atoms with Crippen LogP contribution in [0.3, 0.4) is 0 Å². The van der Waals surface area contributed by atoms with E-state index in [2.05, 4.69) is 21.2 Å². The zero-order chi connectivity index (χ0) is 16.1. The number of anilines is 1. The van der Waals surface area contributed by atoms with Gasteiger partial charge in [0.25, 0.3) is 5.91 Å². The van der Waals surface area contributed by atoms with Crippen molar-refractivity contribution in [2.24, 2.45) is 0 Å². The summed E-state index contributed by atoms with van der Waals surface area (Å²) in [5.74, 6) is -0.582. The molecule has 4 nitrogen and oxygen atoms in total. The van der Waals surface area contributed by atoms with Gasteiger partial charge in [-0.15, -0.1) is 0 Å². The van der Waals surface area contributed by atoms with Gasteiger partial charge in [-0.3, -0.25) is 4.79 Å². The van der Waals surface area contributed by atoms with Crippen molar-refractivity contribution in [2.45, 2.75) is 19.6 Å². The number of benzene rings is 2.